The van der Waals surface area contributed by atoms with Crippen LogP contribution in [0.4, 0.5) is 0 Å². The lowest BCUT2D eigenvalue weighted by Crippen LogP contribution is -2.23. The molecule has 8 heteroatoms. The van der Waals surface area contributed by atoms with Gasteiger partial charge < -0.3 is 14.9 Å². The van der Waals surface area contributed by atoms with Gasteiger partial charge in [-0.3, -0.25) is 4.79 Å². The molecular formula is C15H17N5O3. The molecule has 0 aliphatic carbocycles. The number of carbonyl (C=O) groups excluding carboxylic acids is 1. The summed E-state index contributed by atoms with van der Waals surface area (Å²) in [6, 6.07) is 1.62. The van der Waals surface area contributed by atoms with Crippen molar-refractivity contribution in [1.82, 2.24) is 25.1 Å². The van der Waals surface area contributed by atoms with Crippen LogP contribution in [0.1, 0.15) is 33.1 Å². The van der Waals surface area contributed by atoms with Gasteiger partial charge in [-0.2, -0.15) is 5.10 Å². The highest BCUT2D eigenvalue weighted by Crippen LogP contribution is 2.12. The van der Waals surface area contributed by atoms with Gasteiger partial charge in [0.2, 0.25) is 0 Å². The van der Waals surface area contributed by atoms with Crippen molar-refractivity contribution in [3.05, 3.63) is 46.7 Å². The van der Waals surface area contributed by atoms with Crippen molar-refractivity contribution >= 4 is 11.6 Å². The number of aliphatic hydroxyl groups is 1. The third-order valence-corrected chi connectivity index (χ3v) is 3.61. The van der Waals surface area contributed by atoms with Crippen LogP contribution in [0.2, 0.25) is 0 Å². The molecule has 0 saturated heterocycles. The van der Waals surface area contributed by atoms with E-state index in [0.717, 1.165) is 16.8 Å². The van der Waals surface area contributed by atoms with E-state index in [0.29, 0.717) is 24.4 Å². The Hall–Kier alpha value is -2.74. The number of fused-ring (bicyclic) bond motifs is 1. The van der Waals surface area contributed by atoms with Crippen LogP contribution in [0.15, 0.2) is 23.0 Å². The van der Waals surface area contributed by atoms with E-state index in [1.54, 1.807) is 25.4 Å². The second-order valence-electron chi connectivity index (χ2n) is 5.25. The van der Waals surface area contributed by atoms with Crippen LogP contribution in [0.3, 0.4) is 0 Å². The van der Waals surface area contributed by atoms with Crippen LogP contribution in [0, 0.1) is 13.8 Å². The van der Waals surface area contributed by atoms with Gasteiger partial charge in [0.25, 0.3) is 5.91 Å². The average molecular weight is 315 g/mol. The van der Waals surface area contributed by atoms with Crippen LogP contribution in [0.5, 0.6) is 0 Å². The van der Waals surface area contributed by atoms with Crippen LogP contribution < -0.4 is 5.32 Å². The Morgan fingerprint density at radius 1 is 1.43 bits per heavy atom. The molecule has 3 aromatic rings. The third-order valence-electron chi connectivity index (χ3n) is 3.61. The SMILES string of the molecule is Cc1noc(C)c1CNC(=O)c1cc2ncc(CCO)cn2n1. The normalized spacial score (nSPS) is 11.1. The Balaban J connectivity index is 1.75. The number of nitrogens with zero attached hydrogens (tertiary/aromatic N) is 4. The lowest BCUT2D eigenvalue weighted by atomic mass is 10.2. The topological polar surface area (TPSA) is 106 Å². The number of aromatic nitrogens is 4. The second kappa shape index (κ2) is 6.17. The maximum Gasteiger partial charge on any atom is 0.272 e. The fourth-order valence-corrected chi connectivity index (χ4v) is 2.30. The number of nitrogens with one attached hydrogen (secondary N) is 1. The second-order valence-corrected chi connectivity index (χ2v) is 5.25. The van der Waals surface area contributed by atoms with E-state index in [4.69, 9.17) is 9.63 Å². The van der Waals surface area contributed by atoms with Gasteiger partial charge in [0.1, 0.15) is 5.76 Å². The zero-order valence-electron chi connectivity index (χ0n) is 12.9. The Labute approximate surface area is 132 Å². The van der Waals surface area contributed by atoms with Crippen LogP contribution in [-0.2, 0) is 13.0 Å². The van der Waals surface area contributed by atoms with Crippen molar-refractivity contribution in [3.8, 4) is 0 Å². The molecule has 0 atom stereocenters. The zero-order chi connectivity index (χ0) is 16.4. The number of rotatable bonds is 5. The monoisotopic (exact) mass is 315 g/mol. The molecule has 3 heterocycles. The number of aliphatic hydroxyl groups excluding tert-OH is 1. The van der Waals surface area contributed by atoms with Gasteiger partial charge in [0.05, 0.1) is 5.69 Å². The molecule has 3 aromatic heterocycles. The fraction of sp³-hybridized carbons (Fsp3) is 0.333. The molecule has 8 nitrogen and oxygen atoms in total. The number of aryl methyl sites for hydroxylation is 2. The Kier molecular flexibility index (Phi) is 4.07. The average Bonchev–Trinajstić information content (AvgIpc) is 3.09. The number of carbonyl (C=O) groups is 1. The largest absolute Gasteiger partial charge is 0.396 e. The molecule has 2 N–H and O–H groups in total. The maximum atomic E-state index is 12.2. The minimum Gasteiger partial charge on any atom is -0.396 e. The molecule has 1 amide bonds. The van der Waals surface area contributed by atoms with E-state index in [-0.39, 0.29) is 18.2 Å². The number of amides is 1. The molecule has 3 rings (SSSR count). The van der Waals surface area contributed by atoms with Gasteiger partial charge in [-0.1, -0.05) is 5.16 Å². The Morgan fingerprint density at radius 2 is 2.26 bits per heavy atom. The molecule has 0 saturated carbocycles. The summed E-state index contributed by atoms with van der Waals surface area (Å²) in [6.45, 7) is 4.00. The smallest absolute Gasteiger partial charge is 0.272 e. The molecule has 0 aliphatic rings. The van der Waals surface area contributed by atoms with Gasteiger partial charge in [0.15, 0.2) is 11.3 Å². The summed E-state index contributed by atoms with van der Waals surface area (Å²) in [5.74, 6) is 0.396. The van der Waals surface area contributed by atoms with Crippen LogP contribution in [0.25, 0.3) is 5.65 Å². The van der Waals surface area contributed by atoms with Crippen molar-refractivity contribution in [1.29, 1.82) is 0 Å². The summed E-state index contributed by atoms with van der Waals surface area (Å²) in [5.41, 5.74) is 3.34. The summed E-state index contributed by atoms with van der Waals surface area (Å²) in [7, 11) is 0. The first-order chi connectivity index (χ1) is 11.1. The lowest BCUT2D eigenvalue weighted by Gasteiger charge is -2.02. The summed E-state index contributed by atoms with van der Waals surface area (Å²) in [4.78, 5) is 16.5. The summed E-state index contributed by atoms with van der Waals surface area (Å²) in [6.07, 6.45) is 3.92. The van der Waals surface area contributed by atoms with Crippen LogP contribution >= 0.6 is 0 Å². The number of hydrogen-bond donors (Lipinski definition) is 2. The highest BCUT2D eigenvalue weighted by Gasteiger charge is 2.14. The van der Waals surface area contributed by atoms with Gasteiger partial charge in [-0.15, -0.1) is 0 Å². The molecule has 0 aliphatic heterocycles. The predicted molar refractivity (Wildman–Crippen MR) is 80.9 cm³/mol. The quantitative estimate of drug-likeness (QED) is 0.721. The Bertz CT molecular complexity index is 833. The van der Waals surface area contributed by atoms with E-state index >= 15 is 0 Å². The van der Waals surface area contributed by atoms with E-state index in [1.807, 2.05) is 6.92 Å². The molecule has 0 spiro atoms. The number of hydrogen-bond acceptors (Lipinski definition) is 6. The van der Waals surface area contributed by atoms with Crippen molar-refractivity contribution in [2.75, 3.05) is 6.61 Å². The van der Waals surface area contributed by atoms with Crippen molar-refractivity contribution < 1.29 is 14.4 Å². The highest BCUT2D eigenvalue weighted by atomic mass is 16.5. The van der Waals surface area contributed by atoms with Gasteiger partial charge in [-0.05, 0) is 25.8 Å². The van der Waals surface area contributed by atoms with Gasteiger partial charge >= 0.3 is 0 Å². The van der Waals surface area contributed by atoms with Crippen LogP contribution in [-0.4, -0.2) is 37.4 Å². The molecule has 0 aromatic carbocycles. The molecule has 0 bridgehead atoms. The van der Waals surface area contributed by atoms with E-state index in [9.17, 15) is 4.79 Å². The first-order valence-corrected chi connectivity index (χ1v) is 7.23. The lowest BCUT2D eigenvalue weighted by molar-refractivity contribution is 0.0945. The molecule has 120 valence electrons. The highest BCUT2D eigenvalue weighted by molar-refractivity contribution is 5.93. The molecule has 23 heavy (non-hydrogen) atoms. The zero-order valence-corrected chi connectivity index (χ0v) is 12.9. The maximum absolute atomic E-state index is 12.2. The van der Waals surface area contributed by atoms with E-state index in [2.05, 4.69) is 20.6 Å². The fourth-order valence-electron chi connectivity index (χ4n) is 2.30. The summed E-state index contributed by atoms with van der Waals surface area (Å²) < 4.78 is 6.60. The molecular weight excluding hydrogens is 298 g/mol. The van der Waals surface area contributed by atoms with E-state index < -0.39 is 0 Å². The van der Waals surface area contributed by atoms with Crippen molar-refractivity contribution in [3.63, 3.8) is 0 Å². The molecule has 0 fully saturated rings. The van der Waals surface area contributed by atoms with Gasteiger partial charge in [0, 0.05) is 37.2 Å². The molecule has 0 radical (unpaired) electrons. The van der Waals surface area contributed by atoms with Crippen molar-refractivity contribution in [2.24, 2.45) is 0 Å². The van der Waals surface area contributed by atoms with Gasteiger partial charge in [-0.25, -0.2) is 9.50 Å². The molecule has 0 unspecified atom stereocenters. The van der Waals surface area contributed by atoms with Crippen molar-refractivity contribution in [2.45, 2.75) is 26.8 Å². The summed E-state index contributed by atoms with van der Waals surface area (Å²) in [5, 5.41) is 19.8. The standard InChI is InChI=1S/C15H17N5O3/c1-9-12(10(2)23-19-9)7-17-15(22)13-5-14-16-6-11(3-4-21)8-20(14)18-13/h5-6,8,21H,3-4,7H2,1-2H3,(H,17,22). The minimum atomic E-state index is -0.292. The first-order valence-electron chi connectivity index (χ1n) is 7.23. The Morgan fingerprint density at radius 3 is 2.96 bits per heavy atom. The predicted octanol–water partition coefficient (Wildman–Crippen LogP) is 0.799. The summed E-state index contributed by atoms with van der Waals surface area (Å²) >= 11 is 0. The third kappa shape index (κ3) is 3.07. The minimum absolute atomic E-state index is 0.0409. The van der Waals surface area contributed by atoms with E-state index in [1.165, 1.54) is 4.52 Å². The first kappa shape index (κ1) is 15.2.